The van der Waals surface area contributed by atoms with Gasteiger partial charge in [-0.1, -0.05) is 12.1 Å². The number of morpholine rings is 1. The first-order valence-electron chi connectivity index (χ1n) is 10.2. The minimum atomic E-state index is -0.857. The smallest absolute Gasteiger partial charge is 0.322 e. The summed E-state index contributed by atoms with van der Waals surface area (Å²) in [6, 6.07) is 7.32. The molecule has 3 saturated heterocycles. The molecule has 1 aromatic carbocycles. The summed E-state index contributed by atoms with van der Waals surface area (Å²) in [4.78, 5) is 40.5. The van der Waals surface area contributed by atoms with Crippen LogP contribution in [0.15, 0.2) is 24.3 Å². The maximum Gasteiger partial charge on any atom is 0.322 e. The highest BCUT2D eigenvalue weighted by Crippen LogP contribution is 2.26. The van der Waals surface area contributed by atoms with Gasteiger partial charge in [0.2, 0.25) is 0 Å². The lowest BCUT2D eigenvalue weighted by atomic mass is 9.87. The number of hydrogen-bond acceptors (Lipinski definition) is 5. The molecule has 8 heteroatoms. The van der Waals surface area contributed by atoms with Gasteiger partial charge in [-0.2, -0.15) is 0 Å². The molecular formula is C21H28N4O4. The van der Waals surface area contributed by atoms with Crippen LogP contribution in [-0.4, -0.2) is 71.6 Å². The number of hydrogen-bond donors (Lipinski definition) is 2. The fraction of sp³-hybridized carbons (Fsp3) is 0.571. The maximum absolute atomic E-state index is 12.8. The zero-order chi connectivity index (χ0) is 20.6. The fourth-order valence-corrected chi connectivity index (χ4v) is 4.58. The van der Waals surface area contributed by atoms with Gasteiger partial charge < -0.3 is 15.0 Å². The molecule has 2 atom stereocenters. The Bertz CT molecular complexity index is 791. The van der Waals surface area contributed by atoms with Crippen LogP contribution in [0.4, 0.5) is 4.79 Å². The molecule has 156 valence electrons. The molecule has 3 aliphatic rings. The molecule has 2 N–H and O–H groups in total. The number of amides is 4. The molecule has 0 saturated carbocycles. The highest BCUT2D eigenvalue weighted by Gasteiger charge is 2.48. The predicted molar refractivity (Wildman–Crippen MR) is 106 cm³/mol. The van der Waals surface area contributed by atoms with Crippen LogP contribution < -0.4 is 10.6 Å². The number of nitrogens with zero attached hydrogens (tertiary/aromatic N) is 2. The Hall–Kier alpha value is -2.45. The summed E-state index contributed by atoms with van der Waals surface area (Å²) < 4.78 is 5.78. The average molecular weight is 400 g/mol. The van der Waals surface area contributed by atoms with Crippen LogP contribution >= 0.6 is 0 Å². The lowest BCUT2D eigenvalue weighted by Crippen LogP contribution is -2.55. The first kappa shape index (κ1) is 19.8. The summed E-state index contributed by atoms with van der Waals surface area (Å²) in [5, 5.41) is 5.01. The number of rotatable bonds is 3. The Morgan fingerprint density at radius 2 is 1.72 bits per heavy atom. The van der Waals surface area contributed by atoms with Crippen molar-refractivity contribution < 1.29 is 19.1 Å². The van der Waals surface area contributed by atoms with Crippen molar-refractivity contribution in [1.82, 2.24) is 20.4 Å². The Morgan fingerprint density at radius 3 is 2.28 bits per heavy atom. The van der Waals surface area contributed by atoms with Gasteiger partial charge in [0.05, 0.1) is 12.2 Å². The quantitative estimate of drug-likeness (QED) is 0.742. The van der Waals surface area contributed by atoms with Gasteiger partial charge >= 0.3 is 6.03 Å². The number of nitrogens with one attached hydrogen (secondary N) is 2. The third-order valence-electron chi connectivity index (χ3n) is 6.02. The fourth-order valence-electron chi connectivity index (χ4n) is 4.58. The minimum Gasteiger partial charge on any atom is -0.373 e. The second-order valence-electron chi connectivity index (χ2n) is 8.43. The molecule has 4 amide bonds. The lowest BCUT2D eigenvalue weighted by Gasteiger charge is -2.37. The summed E-state index contributed by atoms with van der Waals surface area (Å²) >= 11 is 0. The standard InChI is InChI=1S/C21H28N4O4/c1-14-11-24(12-15(2)29-14)13-16-3-5-17(6-4-16)18(26)25-9-7-21(8-10-25)19(27)22-20(28)23-21/h3-6,14-15H,7-13H2,1-2H3,(H2,22,23,27,28). The van der Waals surface area contributed by atoms with E-state index in [1.807, 2.05) is 24.3 Å². The van der Waals surface area contributed by atoms with Crippen molar-refractivity contribution in [3.63, 3.8) is 0 Å². The zero-order valence-electron chi connectivity index (χ0n) is 16.9. The van der Waals surface area contributed by atoms with Crippen molar-refractivity contribution in [2.24, 2.45) is 0 Å². The van der Waals surface area contributed by atoms with E-state index in [4.69, 9.17) is 4.74 Å². The zero-order valence-corrected chi connectivity index (χ0v) is 16.9. The number of imide groups is 1. The van der Waals surface area contributed by atoms with E-state index in [9.17, 15) is 14.4 Å². The minimum absolute atomic E-state index is 0.0373. The van der Waals surface area contributed by atoms with Crippen molar-refractivity contribution in [2.75, 3.05) is 26.2 Å². The molecule has 1 aromatic rings. The summed E-state index contributed by atoms with van der Waals surface area (Å²) in [5.74, 6) is -0.324. The third kappa shape index (κ3) is 4.13. The summed E-state index contributed by atoms with van der Waals surface area (Å²) in [5.41, 5.74) is 0.962. The molecule has 0 aliphatic carbocycles. The van der Waals surface area contributed by atoms with Crippen LogP contribution in [0.2, 0.25) is 0 Å². The van der Waals surface area contributed by atoms with Gasteiger partial charge in [0.15, 0.2) is 0 Å². The van der Waals surface area contributed by atoms with Crippen LogP contribution in [0.25, 0.3) is 0 Å². The number of urea groups is 1. The normalized spacial score (nSPS) is 27.0. The Balaban J connectivity index is 1.34. The van der Waals surface area contributed by atoms with Crippen molar-refractivity contribution in [2.45, 2.75) is 51.0 Å². The van der Waals surface area contributed by atoms with Gasteiger partial charge in [-0.05, 0) is 44.4 Å². The summed E-state index contributed by atoms with van der Waals surface area (Å²) in [6.07, 6.45) is 1.33. The molecule has 3 heterocycles. The van der Waals surface area contributed by atoms with Gasteiger partial charge in [-0.3, -0.25) is 19.8 Å². The summed E-state index contributed by atoms with van der Waals surface area (Å²) in [7, 11) is 0. The van der Waals surface area contributed by atoms with Crippen molar-refractivity contribution in [1.29, 1.82) is 0 Å². The largest absolute Gasteiger partial charge is 0.373 e. The number of likely N-dealkylation sites (tertiary alicyclic amines) is 1. The highest BCUT2D eigenvalue weighted by atomic mass is 16.5. The molecule has 0 bridgehead atoms. The van der Waals surface area contributed by atoms with Crippen LogP contribution in [0.1, 0.15) is 42.6 Å². The van der Waals surface area contributed by atoms with Gasteiger partial charge in [0.1, 0.15) is 5.54 Å². The number of piperidine rings is 1. The van der Waals surface area contributed by atoms with E-state index >= 15 is 0 Å². The van der Waals surface area contributed by atoms with Gasteiger partial charge in [0.25, 0.3) is 11.8 Å². The maximum atomic E-state index is 12.8. The SMILES string of the molecule is CC1CN(Cc2ccc(C(=O)N3CCC4(CC3)NC(=O)NC4=O)cc2)CC(C)O1. The first-order chi connectivity index (χ1) is 13.8. The second-order valence-corrected chi connectivity index (χ2v) is 8.43. The van der Waals surface area contributed by atoms with Crippen molar-refractivity contribution in [3.8, 4) is 0 Å². The number of benzene rings is 1. The Labute approximate surface area is 170 Å². The monoisotopic (exact) mass is 400 g/mol. The van der Waals surface area contributed by atoms with E-state index < -0.39 is 11.6 Å². The van der Waals surface area contributed by atoms with Crippen LogP contribution in [0.3, 0.4) is 0 Å². The highest BCUT2D eigenvalue weighted by molar-refractivity contribution is 6.07. The Morgan fingerprint density at radius 1 is 1.10 bits per heavy atom. The molecule has 29 heavy (non-hydrogen) atoms. The second kappa shape index (κ2) is 7.76. The predicted octanol–water partition coefficient (Wildman–Crippen LogP) is 1.11. The average Bonchev–Trinajstić information content (AvgIpc) is 2.94. The molecule has 1 spiro atoms. The number of ether oxygens (including phenoxy) is 1. The molecule has 3 fully saturated rings. The van der Waals surface area contributed by atoms with Gasteiger partial charge in [-0.25, -0.2) is 4.79 Å². The molecule has 3 aliphatic heterocycles. The van der Waals surface area contributed by atoms with E-state index in [1.165, 1.54) is 5.56 Å². The molecule has 0 radical (unpaired) electrons. The number of carbonyl (C=O) groups is 3. The molecule has 2 unspecified atom stereocenters. The van der Waals surface area contributed by atoms with Gasteiger partial charge in [-0.15, -0.1) is 0 Å². The van der Waals surface area contributed by atoms with Crippen molar-refractivity contribution >= 4 is 17.8 Å². The molecule has 0 aromatic heterocycles. The van der Waals surface area contributed by atoms with Crippen LogP contribution in [0.5, 0.6) is 0 Å². The molecular weight excluding hydrogens is 372 g/mol. The van der Waals surface area contributed by atoms with E-state index in [-0.39, 0.29) is 24.0 Å². The topological polar surface area (TPSA) is 91.0 Å². The van der Waals surface area contributed by atoms with Crippen LogP contribution in [0, 0.1) is 0 Å². The Kier molecular flexibility index (Phi) is 5.31. The lowest BCUT2D eigenvalue weighted by molar-refractivity contribution is -0.125. The van der Waals surface area contributed by atoms with Crippen LogP contribution in [-0.2, 0) is 16.1 Å². The molecule has 8 nitrogen and oxygen atoms in total. The first-order valence-corrected chi connectivity index (χ1v) is 10.2. The van der Waals surface area contributed by atoms with Crippen molar-refractivity contribution in [3.05, 3.63) is 35.4 Å². The van der Waals surface area contributed by atoms with E-state index in [0.717, 1.165) is 19.6 Å². The number of carbonyl (C=O) groups excluding carboxylic acids is 3. The van der Waals surface area contributed by atoms with E-state index in [1.54, 1.807) is 4.90 Å². The van der Waals surface area contributed by atoms with E-state index in [0.29, 0.717) is 31.5 Å². The molecule has 4 rings (SSSR count). The summed E-state index contributed by atoms with van der Waals surface area (Å²) in [6.45, 7) is 7.72. The van der Waals surface area contributed by atoms with E-state index in [2.05, 4.69) is 29.4 Å². The van der Waals surface area contributed by atoms with Gasteiger partial charge in [0, 0.05) is 38.3 Å². The third-order valence-corrected chi connectivity index (χ3v) is 6.02.